The van der Waals surface area contributed by atoms with Crippen LogP contribution in [0.5, 0.6) is 5.75 Å². The van der Waals surface area contributed by atoms with Crippen LogP contribution in [-0.2, 0) is 0 Å². The number of nitrogens with zero attached hydrogens (tertiary/aromatic N) is 1. The number of hydrogen-bond donors (Lipinski definition) is 1. The van der Waals surface area contributed by atoms with Crippen LogP contribution in [0.15, 0.2) is 47.6 Å². The molecule has 0 aliphatic rings. The predicted molar refractivity (Wildman–Crippen MR) is 88.8 cm³/mol. The molecule has 1 aromatic heterocycles. The molecule has 3 rings (SSSR count). The Bertz CT molecular complexity index is 743. The Morgan fingerprint density at radius 2 is 1.81 bits per heavy atom. The summed E-state index contributed by atoms with van der Waals surface area (Å²) in [5.41, 5.74) is 1.86. The monoisotopic (exact) mass is 338 g/mol. The Morgan fingerprint density at radius 3 is 2.62 bits per heavy atom. The second-order valence-electron chi connectivity index (χ2n) is 4.35. The molecule has 0 aliphatic carbocycles. The summed E-state index contributed by atoms with van der Waals surface area (Å²) in [5, 5.41) is 2.28. The van der Waals surface area contributed by atoms with Gasteiger partial charge in [0.2, 0.25) is 0 Å². The van der Waals surface area contributed by atoms with Gasteiger partial charge in [-0.3, -0.25) is 0 Å². The van der Waals surface area contributed by atoms with Crippen LogP contribution >= 0.6 is 35.0 Å². The average molecular weight is 339 g/mol. The van der Waals surface area contributed by atoms with Crippen molar-refractivity contribution in [2.75, 3.05) is 12.4 Å². The summed E-state index contributed by atoms with van der Waals surface area (Å²) in [6.45, 7) is 0.601. The third kappa shape index (κ3) is 3.84. The van der Waals surface area contributed by atoms with Crippen LogP contribution in [0, 0.1) is 0 Å². The number of thioether (sulfide) groups is 1. The van der Waals surface area contributed by atoms with Crippen molar-refractivity contribution in [2.45, 2.75) is 5.16 Å². The first-order valence-electron chi connectivity index (χ1n) is 6.37. The number of rotatable bonds is 5. The lowest BCUT2D eigenvalue weighted by Gasteiger charge is -2.04. The normalized spacial score (nSPS) is 11.0. The summed E-state index contributed by atoms with van der Waals surface area (Å²) in [6, 6.07) is 13.0. The lowest BCUT2D eigenvalue weighted by Crippen LogP contribution is -2.00. The SMILES string of the molecule is Clc1ccc(OCCSc2nc3ccc(Cl)cc3[nH]2)cc1. The Kier molecular flexibility index (Phi) is 4.58. The lowest BCUT2D eigenvalue weighted by atomic mass is 10.3. The van der Waals surface area contributed by atoms with Gasteiger partial charge in [-0.1, -0.05) is 35.0 Å². The van der Waals surface area contributed by atoms with Crippen molar-refractivity contribution in [3.63, 3.8) is 0 Å². The highest BCUT2D eigenvalue weighted by atomic mass is 35.5. The van der Waals surface area contributed by atoms with Gasteiger partial charge in [-0.05, 0) is 42.5 Å². The Morgan fingerprint density at radius 1 is 1.05 bits per heavy atom. The van der Waals surface area contributed by atoms with Crippen molar-refractivity contribution < 1.29 is 4.74 Å². The molecule has 0 radical (unpaired) electrons. The maximum absolute atomic E-state index is 5.95. The fraction of sp³-hybridized carbons (Fsp3) is 0.133. The summed E-state index contributed by atoms with van der Waals surface area (Å²) in [5.74, 6) is 1.62. The molecule has 0 bridgehead atoms. The standard InChI is InChI=1S/C15H12Cl2N2OS/c16-10-1-4-12(5-2-10)20-7-8-21-15-18-13-6-3-11(17)9-14(13)19-15/h1-6,9H,7-8H2,(H,18,19). The zero-order valence-corrected chi connectivity index (χ0v) is 13.3. The molecule has 0 amide bonds. The second kappa shape index (κ2) is 6.60. The van der Waals surface area contributed by atoms with E-state index < -0.39 is 0 Å². The third-order valence-corrected chi connectivity index (χ3v) is 4.15. The van der Waals surface area contributed by atoms with E-state index in [2.05, 4.69) is 9.97 Å². The zero-order chi connectivity index (χ0) is 14.7. The largest absolute Gasteiger partial charge is 0.493 e. The van der Waals surface area contributed by atoms with E-state index in [-0.39, 0.29) is 0 Å². The lowest BCUT2D eigenvalue weighted by molar-refractivity contribution is 0.344. The quantitative estimate of drug-likeness (QED) is 0.523. The first-order valence-corrected chi connectivity index (χ1v) is 8.11. The second-order valence-corrected chi connectivity index (χ2v) is 6.31. The van der Waals surface area contributed by atoms with Crippen molar-refractivity contribution in [3.8, 4) is 5.75 Å². The van der Waals surface area contributed by atoms with Crippen molar-refractivity contribution >= 4 is 46.0 Å². The van der Waals surface area contributed by atoms with Gasteiger partial charge in [0.05, 0.1) is 17.6 Å². The van der Waals surface area contributed by atoms with E-state index in [0.717, 1.165) is 27.7 Å². The molecule has 21 heavy (non-hydrogen) atoms. The highest BCUT2D eigenvalue weighted by Gasteiger charge is 2.04. The molecule has 1 heterocycles. The smallest absolute Gasteiger partial charge is 0.166 e. The number of fused-ring (bicyclic) bond motifs is 1. The molecule has 0 atom stereocenters. The highest BCUT2D eigenvalue weighted by Crippen LogP contribution is 2.22. The molecule has 3 nitrogen and oxygen atoms in total. The van der Waals surface area contributed by atoms with Crippen LogP contribution < -0.4 is 4.74 Å². The van der Waals surface area contributed by atoms with Gasteiger partial charge in [-0.2, -0.15) is 0 Å². The highest BCUT2D eigenvalue weighted by molar-refractivity contribution is 7.99. The third-order valence-electron chi connectivity index (χ3n) is 2.83. The van der Waals surface area contributed by atoms with E-state index in [1.165, 1.54) is 0 Å². The molecule has 3 aromatic rings. The van der Waals surface area contributed by atoms with E-state index in [9.17, 15) is 0 Å². The fourth-order valence-corrected chi connectivity index (χ4v) is 2.86. The molecule has 0 unspecified atom stereocenters. The van der Waals surface area contributed by atoms with Gasteiger partial charge in [0.25, 0.3) is 0 Å². The van der Waals surface area contributed by atoms with Crippen LogP contribution in [-0.4, -0.2) is 22.3 Å². The Hall–Kier alpha value is -1.36. The van der Waals surface area contributed by atoms with Crippen molar-refractivity contribution in [2.24, 2.45) is 0 Å². The molecule has 0 aliphatic heterocycles. The van der Waals surface area contributed by atoms with Crippen molar-refractivity contribution in [1.29, 1.82) is 0 Å². The number of halogens is 2. The molecule has 2 aromatic carbocycles. The number of hydrogen-bond acceptors (Lipinski definition) is 3. The van der Waals surface area contributed by atoms with Gasteiger partial charge >= 0.3 is 0 Å². The minimum atomic E-state index is 0.601. The predicted octanol–water partition coefficient (Wildman–Crippen LogP) is 5.04. The van der Waals surface area contributed by atoms with E-state index in [4.69, 9.17) is 27.9 Å². The number of H-pyrrole nitrogens is 1. The minimum Gasteiger partial charge on any atom is -0.493 e. The van der Waals surface area contributed by atoms with Gasteiger partial charge in [0.15, 0.2) is 5.16 Å². The number of aromatic nitrogens is 2. The summed E-state index contributed by atoms with van der Waals surface area (Å²) < 4.78 is 5.63. The average Bonchev–Trinajstić information content (AvgIpc) is 2.87. The maximum atomic E-state index is 5.95. The van der Waals surface area contributed by atoms with Crippen molar-refractivity contribution in [1.82, 2.24) is 9.97 Å². The van der Waals surface area contributed by atoms with Gasteiger partial charge in [-0.25, -0.2) is 4.98 Å². The van der Waals surface area contributed by atoms with Crippen LogP contribution in [0.4, 0.5) is 0 Å². The first-order chi connectivity index (χ1) is 10.2. The Labute approximate surface area is 136 Å². The first kappa shape index (κ1) is 14.6. The van der Waals surface area contributed by atoms with Gasteiger partial charge in [0, 0.05) is 15.8 Å². The van der Waals surface area contributed by atoms with E-state index in [0.29, 0.717) is 16.7 Å². The summed E-state index contributed by atoms with van der Waals surface area (Å²) in [7, 11) is 0. The fourth-order valence-electron chi connectivity index (χ4n) is 1.86. The number of aromatic amines is 1. The van der Waals surface area contributed by atoms with Gasteiger partial charge in [0.1, 0.15) is 5.75 Å². The van der Waals surface area contributed by atoms with Crippen LogP contribution in [0.3, 0.4) is 0 Å². The molecule has 1 N–H and O–H groups in total. The number of imidazole rings is 1. The molecule has 0 saturated carbocycles. The number of nitrogens with one attached hydrogen (secondary N) is 1. The van der Waals surface area contributed by atoms with Gasteiger partial charge < -0.3 is 9.72 Å². The zero-order valence-electron chi connectivity index (χ0n) is 11.0. The summed E-state index contributed by atoms with van der Waals surface area (Å²) >= 11 is 13.4. The number of ether oxygens (including phenoxy) is 1. The van der Waals surface area contributed by atoms with E-state index >= 15 is 0 Å². The van der Waals surface area contributed by atoms with E-state index in [1.54, 1.807) is 11.8 Å². The Balaban J connectivity index is 1.53. The minimum absolute atomic E-state index is 0.601. The molecule has 0 spiro atoms. The van der Waals surface area contributed by atoms with Crippen molar-refractivity contribution in [3.05, 3.63) is 52.5 Å². The van der Waals surface area contributed by atoms with Crippen LogP contribution in [0.1, 0.15) is 0 Å². The van der Waals surface area contributed by atoms with Crippen LogP contribution in [0.2, 0.25) is 10.0 Å². The summed E-state index contributed by atoms with van der Waals surface area (Å²) in [6.07, 6.45) is 0. The molecule has 108 valence electrons. The molecular weight excluding hydrogens is 327 g/mol. The molecule has 6 heteroatoms. The molecule has 0 saturated heterocycles. The van der Waals surface area contributed by atoms with E-state index in [1.807, 2.05) is 42.5 Å². The van der Waals surface area contributed by atoms with Crippen LogP contribution in [0.25, 0.3) is 11.0 Å². The maximum Gasteiger partial charge on any atom is 0.166 e. The summed E-state index contributed by atoms with van der Waals surface area (Å²) in [4.78, 5) is 7.72. The number of benzene rings is 2. The van der Waals surface area contributed by atoms with Gasteiger partial charge in [-0.15, -0.1) is 0 Å². The topological polar surface area (TPSA) is 37.9 Å². The molecule has 0 fully saturated rings. The molecular formula is C15H12Cl2N2OS.